The van der Waals surface area contributed by atoms with E-state index in [9.17, 15) is 4.79 Å². The number of benzene rings is 1. The smallest absolute Gasteiger partial charge is 0.331 e. The summed E-state index contributed by atoms with van der Waals surface area (Å²) in [5.41, 5.74) is 7.29. The van der Waals surface area contributed by atoms with E-state index in [4.69, 9.17) is 15.2 Å². The molecule has 1 aromatic carbocycles. The molecule has 0 spiro atoms. The fourth-order valence-electron chi connectivity index (χ4n) is 3.20. The third kappa shape index (κ3) is 2.82. The molecular weight excluding hydrogens is 282 g/mol. The van der Waals surface area contributed by atoms with Crippen molar-refractivity contribution in [2.45, 2.75) is 12.1 Å². The van der Waals surface area contributed by atoms with E-state index in [1.165, 1.54) is 12.7 Å². The highest BCUT2D eigenvalue weighted by atomic mass is 16.6. The number of carbonyl (C=O) groups is 1. The molecule has 2 heterocycles. The lowest BCUT2D eigenvalue weighted by molar-refractivity contribution is -0.194. The van der Waals surface area contributed by atoms with Crippen LogP contribution in [0, 0.1) is 0 Å². The molecule has 2 saturated heterocycles. The SMILES string of the molecule is COC(=O)C1(N2CCN(Cc3cccc(N)c3)CC2)COC1. The molecule has 6 heteroatoms. The molecule has 1 aromatic rings. The average molecular weight is 305 g/mol. The second-order valence-electron chi connectivity index (χ2n) is 6.02. The molecule has 0 atom stereocenters. The lowest BCUT2D eigenvalue weighted by Gasteiger charge is -2.49. The van der Waals surface area contributed by atoms with Crippen LogP contribution >= 0.6 is 0 Å². The average Bonchev–Trinajstić information content (AvgIpc) is 2.47. The molecule has 0 radical (unpaired) electrons. The molecule has 0 aromatic heterocycles. The number of carbonyl (C=O) groups excluding carboxylic acids is 1. The van der Waals surface area contributed by atoms with Crippen LogP contribution in [0.3, 0.4) is 0 Å². The maximum atomic E-state index is 12.1. The summed E-state index contributed by atoms with van der Waals surface area (Å²) in [6.45, 7) is 5.31. The van der Waals surface area contributed by atoms with Gasteiger partial charge < -0.3 is 15.2 Å². The van der Waals surface area contributed by atoms with E-state index < -0.39 is 5.54 Å². The van der Waals surface area contributed by atoms with Gasteiger partial charge in [0.1, 0.15) is 0 Å². The van der Waals surface area contributed by atoms with Gasteiger partial charge in [0.25, 0.3) is 0 Å². The first-order chi connectivity index (χ1) is 10.6. The van der Waals surface area contributed by atoms with Gasteiger partial charge in [-0.25, -0.2) is 4.79 Å². The van der Waals surface area contributed by atoms with E-state index >= 15 is 0 Å². The van der Waals surface area contributed by atoms with Gasteiger partial charge in [0.15, 0.2) is 5.54 Å². The normalized spacial score (nSPS) is 22.0. The van der Waals surface area contributed by atoms with E-state index in [2.05, 4.69) is 15.9 Å². The number of hydrogen-bond donors (Lipinski definition) is 1. The Morgan fingerprint density at radius 3 is 2.59 bits per heavy atom. The highest BCUT2D eigenvalue weighted by Gasteiger charge is 2.52. The van der Waals surface area contributed by atoms with Crippen LogP contribution in [0.2, 0.25) is 0 Å². The van der Waals surface area contributed by atoms with Gasteiger partial charge in [-0.1, -0.05) is 12.1 Å². The van der Waals surface area contributed by atoms with Gasteiger partial charge in [0, 0.05) is 38.4 Å². The summed E-state index contributed by atoms with van der Waals surface area (Å²) >= 11 is 0. The number of rotatable bonds is 4. The summed E-state index contributed by atoms with van der Waals surface area (Å²) < 4.78 is 10.2. The van der Waals surface area contributed by atoms with Crippen molar-refractivity contribution in [3.05, 3.63) is 29.8 Å². The molecule has 2 aliphatic heterocycles. The van der Waals surface area contributed by atoms with Crippen LogP contribution < -0.4 is 5.73 Å². The first kappa shape index (κ1) is 15.3. The predicted octanol–water partition coefficient (Wildman–Crippen LogP) is 0.328. The summed E-state index contributed by atoms with van der Waals surface area (Å²) in [4.78, 5) is 16.6. The van der Waals surface area contributed by atoms with Gasteiger partial charge >= 0.3 is 5.97 Å². The summed E-state index contributed by atoms with van der Waals surface area (Å²) in [5.74, 6) is -0.178. The molecule has 0 amide bonds. The molecule has 0 bridgehead atoms. The maximum absolute atomic E-state index is 12.1. The van der Waals surface area contributed by atoms with Gasteiger partial charge in [-0.3, -0.25) is 9.80 Å². The zero-order chi connectivity index (χ0) is 15.6. The van der Waals surface area contributed by atoms with Gasteiger partial charge in [-0.05, 0) is 17.7 Å². The number of ether oxygens (including phenoxy) is 2. The molecular formula is C16H23N3O3. The van der Waals surface area contributed by atoms with Crippen LogP contribution in [0.25, 0.3) is 0 Å². The van der Waals surface area contributed by atoms with Crippen molar-refractivity contribution in [2.24, 2.45) is 0 Å². The summed E-state index contributed by atoms with van der Waals surface area (Å²) in [7, 11) is 1.44. The van der Waals surface area contributed by atoms with Crippen LogP contribution in [-0.2, 0) is 20.8 Å². The number of nitrogens with two attached hydrogens (primary N) is 1. The van der Waals surface area contributed by atoms with Crippen molar-refractivity contribution in [3.8, 4) is 0 Å². The second kappa shape index (κ2) is 6.24. The van der Waals surface area contributed by atoms with Crippen molar-refractivity contribution >= 4 is 11.7 Å². The van der Waals surface area contributed by atoms with Gasteiger partial charge in [-0.2, -0.15) is 0 Å². The standard InChI is InChI=1S/C16H23N3O3/c1-21-15(20)16(11-22-12-16)19-7-5-18(6-8-19)10-13-3-2-4-14(17)9-13/h2-4,9H,5-8,10-12,17H2,1H3. The summed E-state index contributed by atoms with van der Waals surface area (Å²) in [6, 6.07) is 8.00. The molecule has 2 N–H and O–H groups in total. The second-order valence-corrected chi connectivity index (χ2v) is 6.02. The maximum Gasteiger partial charge on any atom is 0.331 e. The van der Waals surface area contributed by atoms with Crippen LogP contribution in [-0.4, -0.2) is 67.8 Å². The number of nitrogens with zero attached hydrogens (tertiary/aromatic N) is 2. The first-order valence-electron chi connectivity index (χ1n) is 7.62. The molecule has 22 heavy (non-hydrogen) atoms. The number of hydrogen-bond acceptors (Lipinski definition) is 6. The third-order valence-electron chi connectivity index (χ3n) is 4.58. The molecule has 120 valence electrons. The van der Waals surface area contributed by atoms with Crippen LogP contribution in [0.1, 0.15) is 5.56 Å². The highest BCUT2D eigenvalue weighted by Crippen LogP contribution is 2.28. The number of methoxy groups -OCH3 is 1. The minimum atomic E-state index is -0.558. The van der Waals surface area contributed by atoms with E-state index in [0.717, 1.165) is 38.4 Å². The molecule has 6 nitrogen and oxygen atoms in total. The Morgan fingerprint density at radius 2 is 2.05 bits per heavy atom. The zero-order valence-electron chi connectivity index (χ0n) is 13.0. The van der Waals surface area contributed by atoms with Gasteiger partial charge in [-0.15, -0.1) is 0 Å². The van der Waals surface area contributed by atoms with Crippen molar-refractivity contribution in [3.63, 3.8) is 0 Å². The van der Waals surface area contributed by atoms with Gasteiger partial charge in [0.05, 0.1) is 20.3 Å². The van der Waals surface area contributed by atoms with Crippen LogP contribution in [0.4, 0.5) is 5.69 Å². The molecule has 2 aliphatic rings. The van der Waals surface area contributed by atoms with E-state index in [0.29, 0.717) is 13.2 Å². The minimum Gasteiger partial charge on any atom is -0.467 e. The number of anilines is 1. The summed E-state index contributed by atoms with van der Waals surface area (Å²) in [6.07, 6.45) is 0. The van der Waals surface area contributed by atoms with Gasteiger partial charge in [0.2, 0.25) is 0 Å². The third-order valence-corrected chi connectivity index (χ3v) is 4.58. The van der Waals surface area contributed by atoms with E-state index in [1.54, 1.807) is 0 Å². The largest absolute Gasteiger partial charge is 0.467 e. The topological polar surface area (TPSA) is 68.0 Å². The predicted molar refractivity (Wildman–Crippen MR) is 83.3 cm³/mol. The van der Waals surface area contributed by atoms with E-state index in [-0.39, 0.29) is 5.97 Å². The number of esters is 1. The first-order valence-corrected chi connectivity index (χ1v) is 7.62. The molecule has 0 saturated carbocycles. The minimum absolute atomic E-state index is 0.178. The molecule has 0 aliphatic carbocycles. The lowest BCUT2D eigenvalue weighted by atomic mass is 9.94. The highest BCUT2D eigenvalue weighted by molar-refractivity contribution is 5.82. The number of piperazine rings is 1. The molecule has 2 fully saturated rings. The Kier molecular flexibility index (Phi) is 4.33. The molecule has 0 unspecified atom stereocenters. The fraction of sp³-hybridized carbons (Fsp3) is 0.562. The van der Waals surface area contributed by atoms with Crippen molar-refractivity contribution in [1.29, 1.82) is 0 Å². The van der Waals surface area contributed by atoms with Crippen molar-refractivity contribution in [2.75, 3.05) is 52.2 Å². The van der Waals surface area contributed by atoms with Crippen molar-refractivity contribution in [1.82, 2.24) is 9.80 Å². The Balaban J connectivity index is 1.57. The number of nitrogen functional groups attached to an aromatic ring is 1. The van der Waals surface area contributed by atoms with E-state index in [1.807, 2.05) is 18.2 Å². The Hall–Kier alpha value is -1.63. The monoisotopic (exact) mass is 305 g/mol. The zero-order valence-corrected chi connectivity index (χ0v) is 13.0. The van der Waals surface area contributed by atoms with Crippen LogP contribution in [0.5, 0.6) is 0 Å². The molecule has 3 rings (SSSR count). The van der Waals surface area contributed by atoms with Crippen LogP contribution in [0.15, 0.2) is 24.3 Å². The Bertz CT molecular complexity index is 537. The van der Waals surface area contributed by atoms with Crippen molar-refractivity contribution < 1.29 is 14.3 Å². The quantitative estimate of drug-likeness (QED) is 0.639. The Morgan fingerprint density at radius 1 is 1.32 bits per heavy atom. The summed E-state index contributed by atoms with van der Waals surface area (Å²) in [5, 5.41) is 0. The Labute approximate surface area is 130 Å². The fourth-order valence-corrected chi connectivity index (χ4v) is 3.20. The lowest BCUT2D eigenvalue weighted by Crippen LogP contribution is -2.70.